The molecule has 1 saturated heterocycles. The van der Waals surface area contributed by atoms with Crippen LogP contribution in [0.1, 0.15) is 49.3 Å². The molecule has 2 fully saturated rings. The fourth-order valence-corrected chi connectivity index (χ4v) is 7.64. The molecule has 2 heterocycles. The second-order valence-electron chi connectivity index (χ2n) is 12.0. The summed E-state index contributed by atoms with van der Waals surface area (Å²) in [6.07, 6.45) is 7.47. The molecule has 0 N–H and O–H groups in total. The van der Waals surface area contributed by atoms with Crippen molar-refractivity contribution in [2.24, 2.45) is 13.0 Å². The van der Waals surface area contributed by atoms with Gasteiger partial charge in [0.2, 0.25) is 0 Å². The summed E-state index contributed by atoms with van der Waals surface area (Å²) in [5.41, 5.74) is 3.62. The van der Waals surface area contributed by atoms with Gasteiger partial charge in [-0.05, 0) is 63.1 Å². The van der Waals surface area contributed by atoms with Crippen LogP contribution < -0.4 is 0 Å². The summed E-state index contributed by atoms with van der Waals surface area (Å²) in [7, 11) is 2.56. The minimum Gasteiger partial charge on any atom is -0.445 e. The van der Waals surface area contributed by atoms with Gasteiger partial charge in [-0.1, -0.05) is 60.2 Å². The molecule has 1 aliphatic carbocycles. The van der Waals surface area contributed by atoms with Gasteiger partial charge in [0.15, 0.2) is 5.03 Å². The van der Waals surface area contributed by atoms with Crippen LogP contribution >= 0.6 is 0 Å². The summed E-state index contributed by atoms with van der Waals surface area (Å²) in [6, 6.07) is 18.9. The monoisotopic (exact) mass is 591 g/mol. The smallest absolute Gasteiger partial charge is 0.410 e. The maximum Gasteiger partial charge on any atom is 0.410 e. The van der Waals surface area contributed by atoms with Crippen LogP contribution in [0.15, 0.2) is 72.1 Å². The molecule has 0 bridgehead atoms. The van der Waals surface area contributed by atoms with Crippen molar-refractivity contribution in [3.63, 3.8) is 0 Å². The van der Waals surface area contributed by atoms with Crippen LogP contribution in [-0.2, 0) is 34.8 Å². The molecular formula is C33H45N5O3S. The van der Waals surface area contributed by atoms with Gasteiger partial charge in [0, 0.05) is 57.9 Å². The average Bonchev–Trinajstić information content (AvgIpc) is 3.53. The molecule has 1 aromatic heterocycles. The van der Waals surface area contributed by atoms with E-state index in [1.807, 2.05) is 71.3 Å². The van der Waals surface area contributed by atoms with E-state index in [4.69, 9.17) is 4.74 Å². The summed E-state index contributed by atoms with van der Waals surface area (Å²) < 4.78 is 22.7. The Morgan fingerprint density at radius 1 is 1.14 bits per heavy atom. The number of likely N-dealkylation sites (tertiary alicyclic amines) is 1. The molecule has 3 atom stereocenters. The summed E-state index contributed by atoms with van der Waals surface area (Å²) in [5.74, 6) is 0.542. The number of aromatic nitrogens is 2. The van der Waals surface area contributed by atoms with Crippen LogP contribution in [0.2, 0.25) is 0 Å². The Balaban J connectivity index is 1.14. The van der Waals surface area contributed by atoms with Crippen molar-refractivity contribution in [1.82, 2.24) is 23.7 Å². The Kier molecular flexibility index (Phi) is 9.81. The Hall–Kier alpha value is -3.01. The number of rotatable bonds is 12. The Morgan fingerprint density at radius 2 is 1.90 bits per heavy atom. The van der Waals surface area contributed by atoms with Crippen molar-refractivity contribution < 1.29 is 13.7 Å². The van der Waals surface area contributed by atoms with E-state index in [2.05, 4.69) is 41.1 Å². The molecule has 9 heteroatoms. The molecule has 0 radical (unpaired) electrons. The van der Waals surface area contributed by atoms with Gasteiger partial charge in [0.1, 0.15) is 17.6 Å². The van der Waals surface area contributed by atoms with Crippen molar-refractivity contribution in [1.29, 1.82) is 0 Å². The number of amides is 1. The third-order valence-corrected chi connectivity index (χ3v) is 10.3. The van der Waals surface area contributed by atoms with E-state index in [9.17, 15) is 9.00 Å². The van der Waals surface area contributed by atoms with Crippen molar-refractivity contribution in [2.75, 3.05) is 39.8 Å². The van der Waals surface area contributed by atoms with E-state index in [-0.39, 0.29) is 17.6 Å². The second kappa shape index (κ2) is 13.5. The SMILES string of the molecule is CCN(C(=O)OCc1ccccc1)C1CCN(CC[C@@H]2C[C@@]2(CN(C)S(=O)c2cn(C)cn2)c2cccc(C)c2)CC1. The fraction of sp³-hybridized carbons (Fsp3) is 0.515. The largest absolute Gasteiger partial charge is 0.445 e. The lowest BCUT2D eigenvalue weighted by Gasteiger charge is -2.37. The lowest BCUT2D eigenvalue weighted by Crippen LogP contribution is -2.47. The van der Waals surface area contributed by atoms with Gasteiger partial charge in [-0.15, -0.1) is 0 Å². The van der Waals surface area contributed by atoms with Crippen LogP contribution in [0.3, 0.4) is 0 Å². The van der Waals surface area contributed by atoms with Crippen LogP contribution in [-0.4, -0.2) is 79.8 Å². The highest BCUT2D eigenvalue weighted by atomic mass is 32.2. The zero-order chi connectivity index (χ0) is 29.7. The molecule has 42 heavy (non-hydrogen) atoms. The molecule has 2 aromatic carbocycles. The topological polar surface area (TPSA) is 70.9 Å². The summed E-state index contributed by atoms with van der Waals surface area (Å²) in [4.78, 5) is 21.7. The van der Waals surface area contributed by atoms with Gasteiger partial charge < -0.3 is 19.1 Å². The Morgan fingerprint density at radius 3 is 2.57 bits per heavy atom. The van der Waals surface area contributed by atoms with Crippen molar-refractivity contribution >= 4 is 17.1 Å². The first-order valence-electron chi connectivity index (χ1n) is 15.2. The van der Waals surface area contributed by atoms with Crippen LogP contribution in [0, 0.1) is 12.8 Å². The number of aryl methyl sites for hydroxylation is 2. The highest BCUT2D eigenvalue weighted by Crippen LogP contribution is 2.57. The van der Waals surface area contributed by atoms with Gasteiger partial charge in [0.25, 0.3) is 0 Å². The number of hydrogen-bond donors (Lipinski definition) is 0. The summed E-state index contributed by atoms with van der Waals surface area (Å²) >= 11 is 0. The quantitative estimate of drug-likeness (QED) is 0.291. The number of nitrogens with zero attached hydrogens (tertiary/aromatic N) is 5. The molecule has 3 aromatic rings. The molecule has 1 aliphatic heterocycles. The minimum atomic E-state index is -1.29. The highest BCUT2D eigenvalue weighted by molar-refractivity contribution is 7.82. The van der Waals surface area contributed by atoms with Crippen LogP contribution in [0.25, 0.3) is 0 Å². The summed E-state index contributed by atoms with van der Waals surface area (Å²) in [6.45, 7) is 8.90. The number of likely N-dealkylation sites (N-methyl/N-ethyl adjacent to an activating group) is 1. The van der Waals surface area contributed by atoms with Crippen molar-refractivity contribution in [3.05, 3.63) is 83.8 Å². The number of ether oxygens (including phenoxy) is 1. The number of imidazole rings is 1. The standard InChI is InChI=1S/C33H45N5O3S/c1-5-38(32(39)41-23-27-11-7-6-8-12-27)30-15-18-37(19-16-30)17-14-29-21-33(29,28-13-9-10-26(2)20-28)24-36(4)42(40)31-22-35(3)25-34-31/h6-13,20,22,25,29-30H,5,14-19,21,23-24H2,1-4H3/t29-,33-,42?/m1/s1. The molecule has 0 spiro atoms. The predicted octanol–water partition coefficient (Wildman–Crippen LogP) is 5.15. The van der Waals surface area contributed by atoms with Gasteiger partial charge >= 0.3 is 6.09 Å². The lowest BCUT2D eigenvalue weighted by atomic mass is 9.90. The first-order chi connectivity index (χ1) is 20.3. The number of carbonyl (C=O) groups excluding carboxylic acids is 1. The number of hydrogen-bond acceptors (Lipinski definition) is 5. The van der Waals surface area contributed by atoms with E-state index >= 15 is 0 Å². The van der Waals surface area contributed by atoms with E-state index in [0.29, 0.717) is 24.1 Å². The lowest BCUT2D eigenvalue weighted by molar-refractivity contribution is 0.0627. The predicted molar refractivity (Wildman–Crippen MR) is 166 cm³/mol. The normalized spacial score (nSPS) is 21.8. The second-order valence-corrected chi connectivity index (χ2v) is 13.6. The number of piperidine rings is 1. The summed E-state index contributed by atoms with van der Waals surface area (Å²) in [5, 5.41) is 0.601. The van der Waals surface area contributed by atoms with Crippen LogP contribution in [0.4, 0.5) is 4.79 Å². The number of carbonyl (C=O) groups is 1. The molecule has 8 nitrogen and oxygen atoms in total. The van der Waals surface area contributed by atoms with Gasteiger partial charge in [-0.3, -0.25) is 0 Å². The molecule has 226 valence electrons. The first-order valence-corrected chi connectivity index (χ1v) is 16.3. The first kappa shape index (κ1) is 30.4. The maximum atomic E-state index is 13.3. The van der Waals surface area contributed by atoms with Crippen molar-refractivity contribution in [2.45, 2.75) is 62.6 Å². The van der Waals surface area contributed by atoms with E-state index in [1.54, 1.807) is 6.33 Å². The van der Waals surface area contributed by atoms with E-state index < -0.39 is 11.0 Å². The van der Waals surface area contributed by atoms with E-state index in [1.165, 1.54) is 11.1 Å². The van der Waals surface area contributed by atoms with Gasteiger partial charge in [-0.2, -0.15) is 0 Å². The maximum absolute atomic E-state index is 13.3. The van der Waals surface area contributed by atoms with Gasteiger partial charge in [-0.25, -0.2) is 18.3 Å². The van der Waals surface area contributed by atoms with Crippen molar-refractivity contribution in [3.8, 4) is 0 Å². The molecule has 2 aliphatic rings. The number of benzene rings is 2. The van der Waals surface area contributed by atoms with Crippen LogP contribution in [0.5, 0.6) is 0 Å². The molecule has 1 saturated carbocycles. The Labute approximate surface area is 253 Å². The zero-order valence-corrected chi connectivity index (χ0v) is 26.3. The average molecular weight is 592 g/mol. The molecule has 1 unspecified atom stereocenters. The highest BCUT2D eigenvalue weighted by Gasteiger charge is 2.55. The molecule has 5 rings (SSSR count). The van der Waals surface area contributed by atoms with Gasteiger partial charge in [0.05, 0.1) is 6.33 Å². The zero-order valence-electron chi connectivity index (χ0n) is 25.4. The van der Waals surface area contributed by atoms with E-state index in [0.717, 1.165) is 57.4 Å². The Bertz CT molecular complexity index is 1360. The fourth-order valence-electron chi connectivity index (χ4n) is 6.58. The molecule has 1 amide bonds. The third-order valence-electron chi connectivity index (χ3n) is 9.04. The third kappa shape index (κ3) is 7.13. The minimum absolute atomic E-state index is 0.00501. The molecular weight excluding hydrogens is 546 g/mol.